The van der Waals surface area contributed by atoms with E-state index in [1.54, 1.807) is 0 Å². The summed E-state index contributed by atoms with van der Waals surface area (Å²) in [4.78, 5) is 10.3. The van der Waals surface area contributed by atoms with Crippen LogP contribution in [0.2, 0.25) is 0 Å². The highest BCUT2D eigenvalue weighted by atomic mass is 16.4. The first-order valence-corrected chi connectivity index (χ1v) is 7.25. The van der Waals surface area contributed by atoms with Gasteiger partial charge in [0.25, 0.3) is 0 Å². The number of aliphatic hydroxyl groups excluding tert-OH is 1. The van der Waals surface area contributed by atoms with Gasteiger partial charge >= 0.3 is 5.97 Å². The van der Waals surface area contributed by atoms with Crippen molar-refractivity contribution in [1.29, 1.82) is 0 Å². The van der Waals surface area contributed by atoms with E-state index >= 15 is 0 Å². The molecule has 0 amide bonds. The maximum Gasteiger partial charge on any atom is 0.303 e. The predicted octanol–water partition coefficient (Wildman–Crippen LogP) is 3.91. The first-order chi connectivity index (χ1) is 8.77. The van der Waals surface area contributed by atoms with E-state index in [0.29, 0.717) is 6.42 Å². The fraction of sp³-hybridized carbons (Fsp3) is 0.800. The second-order valence-electron chi connectivity index (χ2n) is 4.74. The van der Waals surface area contributed by atoms with Crippen LogP contribution in [-0.2, 0) is 4.79 Å². The molecule has 18 heavy (non-hydrogen) atoms. The number of hydrogen-bond acceptors (Lipinski definition) is 2. The molecule has 0 radical (unpaired) electrons. The summed E-state index contributed by atoms with van der Waals surface area (Å²) in [6.07, 6.45) is 15.8. The highest BCUT2D eigenvalue weighted by Gasteiger charge is 1.96. The zero-order chi connectivity index (χ0) is 13.5. The van der Waals surface area contributed by atoms with Gasteiger partial charge in [0.05, 0.1) is 0 Å². The van der Waals surface area contributed by atoms with Crippen LogP contribution in [0.5, 0.6) is 0 Å². The van der Waals surface area contributed by atoms with E-state index in [-0.39, 0.29) is 6.61 Å². The van der Waals surface area contributed by atoms with Crippen LogP contribution >= 0.6 is 0 Å². The van der Waals surface area contributed by atoms with Crippen LogP contribution < -0.4 is 0 Å². The molecule has 0 aromatic carbocycles. The monoisotopic (exact) mass is 256 g/mol. The number of carboxylic acids is 1. The third-order valence-electron chi connectivity index (χ3n) is 2.97. The Kier molecular flexibility index (Phi) is 13.6. The lowest BCUT2D eigenvalue weighted by Gasteiger charge is -2.00. The lowest BCUT2D eigenvalue weighted by atomic mass is 10.1. The van der Waals surface area contributed by atoms with Crippen LogP contribution in [0.25, 0.3) is 0 Å². The normalized spacial score (nSPS) is 11.2. The van der Waals surface area contributed by atoms with E-state index in [1.807, 2.05) is 6.08 Å². The molecule has 0 aliphatic rings. The maximum absolute atomic E-state index is 10.3. The van der Waals surface area contributed by atoms with Crippen LogP contribution in [0, 0.1) is 0 Å². The summed E-state index contributed by atoms with van der Waals surface area (Å²) in [7, 11) is 0. The van der Waals surface area contributed by atoms with Gasteiger partial charge in [-0.15, -0.1) is 0 Å². The van der Waals surface area contributed by atoms with Gasteiger partial charge in [0, 0.05) is 13.0 Å². The fourth-order valence-corrected chi connectivity index (χ4v) is 1.91. The van der Waals surface area contributed by atoms with Crippen molar-refractivity contribution < 1.29 is 15.0 Å². The van der Waals surface area contributed by atoms with E-state index in [4.69, 9.17) is 10.2 Å². The van der Waals surface area contributed by atoms with Crippen molar-refractivity contribution in [2.75, 3.05) is 6.61 Å². The number of carbonyl (C=O) groups is 1. The Morgan fingerprint density at radius 3 is 1.83 bits per heavy atom. The van der Waals surface area contributed by atoms with E-state index in [2.05, 4.69) is 6.08 Å². The minimum absolute atomic E-state index is 0.248. The Labute approximate surface area is 111 Å². The molecule has 0 atom stereocenters. The van der Waals surface area contributed by atoms with Gasteiger partial charge in [-0.05, 0) is 25.7 Å². The third kappa shape index (κ3) is 15.2. The van der Waals surface area contributed by atoms with Gasteiger partial charge < -0.3 is 10.2 Å². The van der Waals surface area contributed by atoms with Crippen LogP contribution in [0.4, 0.5) is 0 Å². The van der Waals surface area contributed by atoms with Crippen molar-refractivity contribution in [3.8, 4) is 0 Å². The molecule has 0 aromatic heterocycles. The highest BCUT2D eigenvalue weighted by Crippen LogP contribution is 2.10. The van der Waals surface area contributed by atoms with Crippen LogP contribution in [-0.4, -0.2) is 22.8 Å². The number of aliphatic hydroxyl groups is 1. The molecule has 0 heterocycles. The summed E-state index contributed by atoms with van der Waals surface area (Å²) in [5.41, 5.74) is 0. The Bertz CT molecular complexity index is 212. The average Bonchev–Trinajstić information content (AvgIpc) is 2.34. The van der Waals surface area contributed by atoms with Crippen molar-refractivity contribution in [2.45, 2.75) is 70.6 Å². The van der Waals surface area contributed by atoms with Crippen molar-refractivity contribution in [2.24, 2.45) is 0 Å². The molecule has 0 aliphatic carbocycles. The van der Waals surface area contributed by atoms with Gasteiger partial charge in [0.1, 0.15) is 0 Å². The zero-order valence-corrected chi connectivity index (χ0v) is 11.4. The quantitative estimate of drug-likeness (QED) is 0.388. The van der Waals surface area contributed by atoms with E-state index in [0.717, 1.165) is 25.7 Å². The topological polar surface area (TPSA) is 57.5 Å². The standard InChI is InChI=1S/C15H28O3/c16-14-12-10-8-6-4-2-1-3-5-7-9-11-13-15(17)18/h8,10,16H,1-7,9,11-14H2,(H,17,18)/b10-8+. The number of carboxylic acid groups (broad SMARTS) is 1. The van der Waals surface area contributed by atoms with Crippen molar-refractivity contribution in [3.05, 3.63) is 12.2 Å². The summed E-state index contributed by atoms with van der Waals surface area (Å²) in [5.74, 6) is -0.677. The first-order valence-electron chi connectivity index (χ1n) is 7.25. The van der Waals surface area contributed by atoms with Gasteiger partial charge in [-0.3, -0.25) is 4.79 Å². The minimum Gasteiger partial charge on any atom is -0.481 e. The first kappa shape index (κ1) is 17.2. The summed E-state index contributed by atoms with van der Waals surface area (Å²) in [6, 6.07) is 0. The smallest absolute Gasteiger partial charge is 0.303 e. The summed E-state index contributed by atoms with van der Waals surface area (Å²) >= 11 is 0. The lowest BCUT2D eigenvalue weighted by molar-refractivity contribution is -0.137. The molecule has 0 aromatic rings. The molecule has 0 fully saturated rings. The van der Waals surface area contributed by atoms with Crippen LogP contribution in [0.1, 0.15) is 70.6 Å². The summed E-state index contributed by atoms with van der Waals surface area (Å²) in [5, 5.41) is 17.0. The van der Waals surface area contributed by atoms with Crippen molar-refractivity contribution >= 4 is 5.97 Å². The highest BCUT2D eigenvalue weighted by molar-refractivity contribution is 5.66. The van der Waals surface area contributed by atoms with Gasteiger partial charge in [-0.25, -0.2) is 0 Å². The molecular weight excluding hydrogens is 228 g/mol. The average molecular weight is 256 g/mol. The molecular formula is C15H28O3. The second kappa shape index (κ2) is 14.2. The molecule has 0 aliphatic heterocycles. The van der Waals surface area contributed by atoms with E-state index in [9.17, 15) is 4.79 Å². The largest absolute Gasteiger partial charge is 0.481 e. The summed E-state index contributed by atoms with van der Waals surface area (Å²) in [6.45, 7) is 0.248. The maximum atomic E-state index is 10.3. The predicted molar refractivity (Wildman–Crippen MR) is 74.6 cm³/mol. The zero-order valence-electron chi connectivity index (χ0n) is 11.4. The number of allylic oxidation sites excluding steroid dienone is 1. The molecule has 0 unspecified atom stereocenters. The molecule has 0 bridgehead atoms. The van der Waals surface area contributed by atoms with Gasteiger partial charge in [-0.1, -0.05) is 50.7 Å². The Balaban J connectivity index is 3.01. The minimum atomic E-state index is -0.677. The number of hydrogen-bond donors (Lipinski definition) is 2. The molecule has 3 nitrogen and oxygen atoms in total. The second-order valence-corrected chi connectivity index (χ2v) is 4.74. The SMILES string of the molecule is O=C(O)CCCCCCCCCC/C=C/CCO. The molecule has 0 rings (SSSR count). The molecule has 106 valence electrons. The van der Waals surface area contributed by atoms with E-state index < -0.39 is 5.97 Å². The lowest BCUT2D eigenvalue weighted by Crippen LogP contribution is -1.93. The fourth-order valence-electron chi connectivity index (χ4n) is 1.91. The van der Waals surface area contributed by atoms with Crippen molar-refractivity contribution in [3.63, 3.8) is 0 Å². The Hall–Kier alpha value is -0.830. The van der Waals surface area contributed by atoms with E-state index in [1.165, 1.54) is 38.5 Å². The van der Waals surface area contributed by atoms with Crippen LogP contribution in [0.15, 0.2) is 12.2 Å². The molecule has 2 N–H and O–H groups in total. The molecule has 0 saturated heterocycles. The Morgan fingerprint density at radius 2 is 1.28 bits per heavy atom. The third-order valence-corrected chi connectivity index (χ3v) is 2.97. The number of rotatable bonds is 13. The van der Waals surface area contributed by atoms with Crippen molar-refractivity contribution in [1.82, 2.24) is 0 Å². The molecule has 0 spiro atoms. The van der Waals surface area contributed by atoms with Gasteiger partial charge in [0.2, 0.25) is 0 Å². The Morgan fingerprint density at radius 1 is 0.778 bits per heavy atom. The number of unbranched alkanes of at least 4 members (excludes halogenated alkanes) is 8. The molecule has 3 heteroatoms. The summed E-state index contributed by atoms with van der Waals surface area (Å²) < 4.78 is 0. The van der Waals surface area contributed by atoms with Gasteiger partial charge in [-0.2, -0.15) is 0 Å². The van der Waals surface area contributed by atoms with Gasteiger partial charge in [0.15, 0.2) is 0 Å². The molecule has 0 saturated carbocycles. The number of aliphatic carboxylic acids is 1. The van der Waals surface area contributed by atoms with Crippen LogP contribution in [0.3, 0.4) is 0 Å².